The summed E-state index contributed by atoms with van der Waals surface area (Å²) >= 11 is 0. The fraction of sp³-hybridized carbons (Fsp3) is 0.440. The topological polar surface area (TPSA) is 267 Å². The van der Waals surface area contributed by atoms with Crippen LogP contribution in [0, 0.1) is 0 Å². The lowest BCUT2D eigenvalue weighted by atomic mass is 10.0. The highest BCUT2D eigenvalue weighted by molar-refractivity contribution is 5.95. The number of aliphatic carboxylic acids is 2. The molecule has 0 fully saturated rings. The van der Waals surface area contributed by atoms with Crippen LogP contribution in [0.4, 0.5) is 0 Å². The van der Waals surface area contributed by atoms with Crippen LogP contribution < -0.4 is 27.4 Å². The summed E-state index contributed by atoms with van der Waals surface area (Å²) in [5, 5.41) is 35.8. The van der Waals surface area contributed by atoms with Gasteiger partial charge in [-0.05, 0) is 31.4 Å². The Morgan fingerprint density at radius 2 is 1.45 bits per heavy atom. The lowest BCUT2D eigenvalue weighted by molar-refractivity contribution is -0.143. The summed E-state index contributed by atoms with van der Waals surface area (Å²) in [6.07, 6.45) is -1.24. The van der Waals surface area contributed by atoms with E-state index >= 15 is 0 Å². The number of rotatable bonds is 16. The molecule has 0 spiro atoms. The third-order valence-corrected chi connectivity index (χ3v) is 6.13. The number of nitrogens with one attached hydrogen (secondary N) is 4. The number of aromatic amines is 1. The number of nitrogens with two attached hydrogens (primary N) is 2. The number of benzene rings is 1. The van der Waals surface area contributed by atoms with Crippen molar-refractivity contribution >= 4 is 46.5 Å². The first-order valence-corrected chi connectivity index (χ1v) is 12.4. The van der Waals surface area contributed by atoms with Gasteiger partial charge in [0, 0.05) is 36.4 Å². The lowest BCUT2D eigenvalue weighted by Crippen LogP contribution is -2.58. The molecule has 1 aromatic heterocycles. The number of carboxylic acid groups (broad SMARTS) is 2. The Bertz CT molecular complexity index is 1240. The number of aliphatic hydroxyl groups excluding tert-OH is 1. The van der Waals surface area contributed by atoms with Gasteiger partial charge in [-0.15, -0.1) is 0 Å². The van der Waals surface area contributed by atoms with E-state index in [4.69, 9.17) is 16.6 Å². The van der Waals surface area contributed by atoms with Gasteiger partial charge < -0.3 is 47.7 Å². The maximum absolute atomic E-state index is 13.3. The van der Waals surface area contributed by atoms with Gasteiger partial charge in [0.25, 0.3) is 0 Å². The Morgan fingerprint density at radius 3 is 2.05 bits per heavy atom. The molecule has 2 rings (SSSR count). The first kappa shape index (κ1) is 31.7. The van der Waals surface area contributed by atoms with Gasteiger partial charge in [-0.25, -0.2) is 4.79 Å². The molecule has 15 nitrogen and oxygen atoms in total. The van der Waals surface area contributed by atoms with E-state index in [-0.39, 0.29) is 19.3 Å². The van der Waals surface area contributed by atoms with Crippen molar-refractivity contribution in [2.45, 2.75) is 69.3 Å². The Hall–Kier alpha value is -4.50. The zero-order chi connectivity index (χ0) is 30.0. The van der Waals surface area contributed by atoms with Crippen LogP contribution in [0.5, 0.6) is 0 Å². The van der Waals surface area contributed by atoms with Gasteiger partial charge in [0.05, 0.1) is 6.10 Å². The molecule has 0 bridgehead atoms. The number of hydrogen-bond acceptors (Lipinski definition) is 8. The van der Waals surface area contributed by atoms with Crippen molar-refractivity contribution in [1.82, 2.24) is 20.9 Å². The second kappa shape index (κ2) is 14.6. The van der Waals surface area contributed by atoms with Gasteiger partial charge in [0.2, 0.25) is 23.6 Å². The quantitative estimate of drug-likeness (QED) is 0.109. The maximum Gasteiger partial charge on any atom is 0.326 e. The van der Waals surface area contributed by atoms with Crippen molar-refractivity contribution in [3.63, 3.8) is 0 Å². The van der Waals surface area contributed by atoms with Gasteiger partial charge in [-0.2, -0.15) is 0 Å². The molecule has 0 aliphatic carbocycles. The zero-order valence-electron chi connectivity index (χ0n) is 21.8. The number of carbonyl (C=O) groups excluding carboxylic acids is 4. The summed E-state index contributed by atoms with van der Waals surface area (Å²) in [7, 11) is 0. The van der Waals surface area contributed by atoms with Crippen molar-refractivity contribution in [1.29, 1.82) is 0 Å². The first-order chi connectivity index (χ1) is 18.8. The van der Waals surface area contributed by atoms with Crippen molar-refractivity contribution < 1.29 is 44.1 Å². The number of primary amides is 1. The number of aromatic nitrogens is 1. The number of para-hydroxylation sites is 1. The molecular weight excluding hydrogens is 528 g/mol. The second-order valence-electron chi connectivity index (χ2n) is 9.29. The molecule has 4 amide bonds. The van der Waals surface area contributed by atoms with E-state index in [1.165, 1.54) is 6.92 Å². The number of H-pyrrole nitrogens is 1. The average molecular weight is 563 g/mol. The minimum absolute atomic E-state index is 0.115. The molecule has 2 aromatic rings. The Morgan fingerprint density at radius 1 is 0.875 bits per heavy atom. The van der Waals surface area contributed by atoms with Crippen LogP contribution >= 0.6 is 0 Å². The number of amides is 4. The smallest absolute Gasteiger partial charge is 0.326 e. The van der Waals surface area contributed by atoms with Crippen LogP contribution in [-0.2, 0) is 35.2 Å². The number of carbonyl (C=O) groups is 6. The standard InChI is InChI=1S/C25H34N6O9/c1-12(32)21(27)24(38)29-16(6-8-19(26)33)22(36)31-18(10-13-11-28-15-5-3-2-4-14(13)15)23(37)30-17(25(39)40)7-9-20(34)35/h2-5,11-12,16-18,21,28,32H,6-10,27H2,1H3,(H2,26,33)(H,29,38)(H,30,37)(H,31,36)(H,34,35)(H,39,40). The van der Waals surface area contributed by atoms with E-state index in [0.29, 0.717) is 5.56 Å². The summed E-state index contributed by atoms with van der Waals surface area (Å²) < 4.78 is 0. The van der Waals surface area contributed by atoms with Crippen LogP contribution in [0.25, 0.3) is 10.9 Å². The predicted molar refractivity (Wildman–Crippen MR) is 140 cm³/mol. The molecule has 0 saturated carbocycles. The zero-order valence-corrected chi connectivity index (χ0v) is 21.8. The van der Waals surface area contributed by atoms with Crippen LogP contribution in [0.1, 0.15) is 38.2 Å². The first-order valence-electron chi connectivity index (χ1n) is 12.4. The van der Waals surface area contributed by atoms with Crippen LogP contribution in [0.2, 0.25) is 0 Å². The monoisotopic (exact) mass is 562 g/mol. The third kappa shape index (κ3) is 9.36. The molecule has 0 aliphatic heterocycles. The summed E-state index contributed by atoms with van der Waals surface area (Å²) in [5.74, 6) is -6.19. The molecule has 0 radical (unpaired) electrons. The largest absolute Gasteiger partial charge is 0.481 e. The van der Waals surface area contributed by atoms with Gasteiger partial charge in [-0.1, -0.05) is 18.2 Å². The summed E-state index contributed by atoms with van der Waals surface area (Å²) in [6, 6.07) is 1.42. The highest BCUT2D eigenvalue weighted by Crippen LogP contribution is 2.19. The normalized spacial score (nSPS) is 14.8. The molecule has 0 aliphatic rings. The molecule has 15 heteroatoms. The minimum atomic E-state index is -1.56. The van der Waals surface area contributed by atoms with E-state index < -0.39 is 78.7 Å². The van der Waals surface area contributed by atoms with Crippen LogP contribution in [0.15, 0.2) is 30.5 Å². The van der Waals surface area contributed by atoms with E-state index in [2.05, 4.69) is 20.9 Å². The summed E-state index contributed by atoms with van der Waals surface area (Å²) in [4.78, 5) is 75.9. The number of hydrogen-bond donors (Lipinski definition) is 9. The van der Waals surface area contributed by atoms with E-state index in [0.717, 1.165) is 10.9 Å². The Kier molecular flexibility index (Phi) is 11.6. The molecule has 0 saturated heterocycles. The minimum Gasteiger partial charge on any atom is -0.481 e. The fourth-order valence-corrected chi connectivity index (χ4v) is 3.84. The van der Waals surface area contributed by atoms with Gasteiger partial charge in [0.1, 0.15) is 24.2 Å². The number of aliphatic hydroxyl groups is 1. The molecular formula is C25H34N6O9. The molecule has 11 N–H and O–H groups in total. The molecule has 5 unspecified atom stereocenters. The average Bonchev–Trinajstić information content (AvgIpc) is 3.29. The molecule has 40 heavy (non-hydrogen) atoms. The summed E-state index contributed by atoms with van der Waals surface area (Å²) in [6.45, 7) is 1.27. The maximum atomic E-state index is 13.3. The molecule has 5 atom stereocenters. The molecule has 1 aromatic carbocycles. The molecule has 218 valence electrons. The molecule has 1 heterocycles. The van der Waals surface area contributed by atoms with E-state index in [9.17, 15) is 39.0 Å². The van der Waals surface area contributed by atoms with Crippen molar-refractivity contribution in [3.05, 3.63) is 36.0 Å². The van der Waals surface area contributed by atoms with Crippen molar-refractivity contribution in [2.24, 2.45) is 11.5 Å². The third-order valence-electron chi connectivity index (χ3n) is 6.13. The SMILES string of the molecule is CC(O)C(N)C(=O)NC(CCC(N)=O)C(=O)NC(Cc1c[nH]c2ccccc12)C(=O)NC(CCC(=O)O)C(=O)O. The van der Waals surface area contributed by atoms with Gasteiger partial charge >= 0.3 is 11.9 Å². The highest BCUT2D eigenvalue weighted by atomic mass is 16.4. The van der Waals surface area contributed by atoms with Crippen LogP contribution in [-0.4, -0.2) is 86.1 Å². The van der Waals surface area contributed by atoms with Crippen molar-refractivity contribution in [3.8, 4) is 0 Å². The number of fused-ring (bicyclic) bond motifs is 1. The predicted octanol–water partition coefficient (Wildman–Crippen LogP) is -1.91. The second-order valence-corrected chi connectivity index (χ2v) is 9.29. The number of carboxylic acids is 2. The fourth-order valence-electron chi connectivity index (χ4n) is 3.84. The van der Waals surface area contributed by atoms with Gasteiger partial charge in [-0.3, -0.25) is 24.0 Å². The lowest BCUT2D eigenvalue weighted by Gasteiger charge is -2.25. The highest BCUT2D eigenvalue weighted by Gasteiger charge is 2.32. The van der Waals surface area contributed by atoms with E-state index in [1.54, 1.807) is 30.5 Å². The summed E-state index contributed by atoms with van der Waals surface area (Å²) in [5.41, 5.74) is 12.2. The van der Waals surface area contributed by atoms with Crippen LogP contribution in [0.3, 0.4) is 0 Å². The Labute approximate surface area is 228 Å². The Balaban J connectivity index is 2.34. The van der Waals surface area contributed by atoms with Gasteiger partial charge in [0.15, 0.2) is 0 Å². The van der Waals surface area contributed by atoms with Crippen molar-refractivity contribution in [2.75, 3.05) is 0 Å². The van der Waals surface area contributed by atoms with E-state index in [1.807, 2.05) is 0 Å².